The molecule has 19 heavy (non-hydrogen) atoms. The lowest BCUT2D eigenvalue weighted by molar-refractivity contribution is 0.182. The van der Waals surface area contributed by atoms with Gasteiger partial charge < -0.3 is 19.9 Å². The van der Waals surface area contributed by atoms with Gasteiger partial charge in [0.15, 0.2) is 0 Å². The highest BCUT2D eigenvalue weighted by atomic mass is 16.5. The van der Waals surface area contributed by atoms with Gasteiger partial charge in [0.25, 0.3) is 0 Å². The fourth-order valence-corrected chi connectivity index (χ4v) is 1.83. The van der Waals surface area contributed by atoms with Crippen LogP contribution in [0.25, 0.3) is 0 Å². The second-order valence-electron chi connectivity index (χ2n) is 3.98. The van der Waals surface area contributed by atoms with E-state index >= 15 is 0 Å². The molecule has 2 aromatic rings. The third-order valence-corrected chi connectivity index (χ3v) is 2.62. The summed E-state index contributed by atoms with van der Waals surface area (Å²) in [5.41, 5.74) is 6.50. The fraction of sp³-hybridized carbons (Fsp3) is 0.538. The third kappa shape index (κ3) is 3.42. The topological polar surface area (TPSA) is 90.1 Å². The van der Waals surface area contributed by atoms with Crippen LogP contribution in [0.2, 0.25) is 0 Å². The van der Waals surface area contributed by atoms with Crippen molar-refractivity contribution in [2.24, 2.45) is 5.73 Å². The Hall–Kier alpha value is -1.66. The number of aryl methyl sites for hydroxylation is 1. The minimum atomic E-state index is -0.646. The monoisotopic (exact) mass is 266 g/mol. The molecule has 0 saturated heterocycles. The highest BCUT2D eigenvalue weighted by Gasteiger charge is 2.20. The first kappa shape index (κ1) is 15.4. The molecule has 1 unspecified atom stereocenters. The zero-order valence-electron chi connectivity index (χ0n) is 11.9. The predicted molar refractivity (Wildman–Crippen MR) is 72.6 cm³/mol. The summed E-state index contributed by atoms with van der Waals surface area (Å²) in [7, 11) is 0. The number of rotatable bonds is 4. The van der Waals surface area contributed by atoms with E-state index in [1.807, 2.05) is 31.4 Å². The third-order valence-electron chi connectivity index (χ3n) is 2.62. The van der Waals surface area contributed by atoms with Crippen LogP contribution in [-0.2, 0) is 0 Å². The van der Waals surface area contributed by atoms with Crippen LogP contribution in [0.3, 0.4) is 0 Å². The zero-order valence-corrected chi connectivity index (χ0v) is 11.9. The van der Waals surface area contributed by atoms with Gasteiger partial charge in [-0.15, -0.1) is 0 Å². The van der Waals surface area contributed by atoms with Gasteiger partial charge in [-0.3, -0.25) is 0 Å². The van der Waals surface area contributed by atoms with Crippen LogP contribution in [0.4, 0.5) is 0 Å². The number of imidazole rings is 1. The van der Waals surface area contributed by atoms with Crippen molar-refractivity contribution in [2.45, 2.75) is 39.8 Å². The number of hydrogen-bond acceptors (Lipinski definition) is 5. The molecule has 106 valence electrons. The van der Waals surface area contributed by atoms with Crippen molar-refractivity contribution in [3.05, 3.63) is 35.7 Å². The first-order valence-corrected chi connectivity index (χ1v) is 6.47. The second kappa shape index (κ2) is 7.06. The van der Waals surface area contributed by atoms with Crippen molar-refractivity contribution in [3.63, 3.8) is 0 Å². The van der Waals surface area contributed by atoms with Gasteiger partial charge in [0.1, 0.15) is 23.4 Å². The van der Waals surface area contributed by atoms with Gasteiger partial charge in [0.2, 0.25) is 0 Å². The lowest BCUT2D eigenvalue weighted by Gasteiger charge is -2.17. The van der Waals surface area contributed by atoms with Crippen LogP contribution in [0.1, 0.15) is 50.2 Å². The molecule has 0 saturated carbocycles. The van der Waals surface area contributed by atoms with E-state index in [4.69, 9.17) is 10.3 Å². The van der Waals surface area contributed by atoms with Crippen molar-refractivity contribution >= 4 is 0 Å². The molecule has 2 aromatic heterocycles. The molecule has 0 bridgehead atoms. The van der Waals surface area contributed by atoms with Crippen LogP contribution in [0, 0.1) is 6.92 Å². The number of aromatic nitrogens is 3. The van der Waals surface area contributed by atoms with Gasteiger partial charge >= 0.3 is 0 Å². The lowest BCUT2D eigenvalue weighted by Crippen LogP contribution is -2.22. The molecule has 2 heterocycles. The Bertz CT molecular complexity index is 490. The number of nitrogens with zero attached hydrogens (tertiary/aromatic N) is 3. The first-order chi connectivity index (χ1) is 9.13. The van der Waals surface area contributed by atoms with Crippen molar-refractivity contribution in [1.82, 2.24) is 14.7 Å². The Balaban J connectivity index is 0.000000861. The standard InChI is InChI=1S/C11H16N4O2.C2H6/c1-7-5-9(14-17-7)10(6-12)15-4-3-13-11(15)8(2)16;1-2/h3-5,8,10,16H,6,12H2,1-2H3;1-2H3/t8-,10?;/m0./s1. The molecule has 0 radical (unpaired) electrons. The number of aliphatic hydroxyl groups excluding tert-OH is 1. The maximum absolute atomic E-state index is 9.62. The SMILES string of the molecule is CC.Cc1cc(C(CN)n2ccnc2[C@H](C)O)no1. The van der Waals surface area contributed by atoms with E-state index in [0.717, 1.165) is 11.5 Å². The Morgan fingerprint density at radius 2 is 2.16 bits per heavy atom. The van der Waals surface area contributed by atoms with Gasteiger partial charge in [-0.2, -0.15) is 0 Å². The minimum absolute atomic E-state index is 0.167. The molecule has 2 atom stereocenters. The molecule has 0 amide bonds. The van der Waals surface area contributed by atoms with Crippen molar-refractivity contribution in [2.75, 3.05) is 6.54 Å². The molecule has 6 nitrogen and oxygen atoms in total. The van der Waals surface area contributed by atoms with Gasteiger partial charge in [-0.1, -0.05) is 19.0 Å². The molecule has 0 aliphatic carbocycles. The average molecular weight is 266 g/mol. The zero-order chi connectivity index (χ0) is 14.4. The van der Waals surface area contributed by atoms with E-state index in [9.17, 15) is 5.11 Å². The summed E-state index contributed by atoms with van der Waals surface area (Å²) in [6.45, 7) is 7.86. The summed E-state index contributed by atoms with van der Waals surface area (Å²) >= 11 is 0. The van der Waals surface area contributed by atoms with E-state index in [1.54, 1.807) is 19.3 Å². The van der Waals surface area contributed by atoms with Gasteiger partial charge in [-0.05, 0) is 13.8 Å². The number of aliphatic hydroxyl groups is 1. The van der Waals surface area contributed by atoms with Crippen LogP contribution < -0.4 is 5.73 Å². The molecule has 0 fully saturated rings. The van der Waals surface area contributed by atoms with Crippen LogP contribution in [0.5, 0.6) is 0 Å². The molecule has 0 aromatic carbocycles. The summed E-state index contributed by atoms with van der Waals surface area (Å²) in [6, 6.07) is 1.67. The van der Waals surface area contributed by atoms with Gasteiger partial charge in [0, 0.05) is 25.0 Å². The Kier molecular flexibility index (Phi) is 5.72. The van der Waals surface area contributed by atoms with E-state index in [2.05, 4.69) is 10.1 Å². The largest absolute Gasteiger partial charge is 0.385 e. The smallest absolute Gasteiger partial charge is 0.138 e. The van der Waals surface area contributed by atoms with E-state index in [0.29, 0.717) is 12.4 Å². The van der Waals surface area contributed by atoms with E-state index < -0.39 is 6.10 Å². The van der Waals surface area contributed by atoms with E-state index in [-0.39, 0.29) is 6.04 Å². The number of nitrogens with two attached hydrogens (primary N) is 1. The molecule has 0 aliphatic rings. The maximum Gasteiger partial charge on any atom is 0.138 e. The number of hydrogen-bond donors (Lipinski definition) is 2. The van der Waals surface area contributed by atoms with Crippen molar-refractivity contribution in [1.29, 1.82) is 0 Å². The second-order valence-corrected chi connectivity index (χ2v) is 3.98. The average Bonchev–Trinajstić information content (AvgIpc) is 3.03. The summed E-state index contributed by atoms with van der Waals surface area (Å²) in [5, 5.41) is 13.6. The predicted octanol–water partition coefficient (Wildman–Crippen LogP) is 1.81. The molecule has 2 rings (SSSR count). The Morgan fingerprint density at radius 3 is 2.63 bits per heavy atom. The highest BCUT2D eigenvalue weighted by molar-refractivity contribution is 5.13. The molecule has 0 spiro atoms. The fourth-order valence-electron chi connectivity index (χ4n) is 1.83. The maximum atomic E-state index is 9.62. The lowest BCUT2D eigenvalue weighted by atomic mass is 10.2. The molecule has 0 aliphatic heterocycles. The van der Waals surface area contributed by atoms with Crippen LogP contribution in [-0.4, -0.2) is 26.4 Å². The molecule has 6 heteroatoms. The van der Waals surface area contributed by atoms with Crippen molar-refractivity contribution < 1.29 is 9.63 Å². The summed E-state index contributed by atoms with van der Waals surface area (Å²) in [4.78, 5) is 4.12. The Morgan fingerprint density at radius 1 is 1.47 bits per heavy atom. The summed E-state index contributed by atoms with van der Waals surface area (Å²) in [6.07, 6.45) is 2.77. The van der Waals surface area contributed by atoms with Gasteiger partial charge in [0.05, 0.1) is 6.04 Å². The van der Waals surface area contributed by atoms with Crippen LogP contribution >= 0.6 is 0 Å². The minimum Gasteiger partial charge on any atom is -0.385 e. The summed E-state index contributed by atoms with van der Waals surface area (Å²) < 4.78 is 6.87. The normalized spacial score (nSPS) is 13.6. The Labute approximate surface area is 113 Å². The van der Waals surface area contributed by atoms with Gasteiger partial charge in [-0.25, -0.2) is 4.98 Å². The highest BCUT2D eigenvalue weighted by Crippen LogP contribution is 2.21. The quantitative estimate of drug-likeness (QED) is 0.880. The molecular weight excluding hydrogens is 244 g/mol. The van der Waals surface area contributed by atoms with E-state index in [1.165, 1.54) is 0 Å². The first-order valence-electron chi connectivity index (χ1n) is 6.47. The molecule has 3 N–H and O–H groups in total. The molecular formula is C13H22N4O2. The van der Waals surface area contributed by atoms with Crippen molar-refractivity contribution in [3.8, 4) is 0 Å². The summed E-state index contributed by atoms with van der Waals surface area (Å²) in [5.74, 6) is 1.30. The van der Waals surface area contributed by atoms with Crippen LogP contribution in [0.15, 0.2) is 23.0 Å².